The Kier molecular flexibility index (Phi) is 2.11. The topological polar surface area (TPSA) is 52.3 Å². The first-order valence-electron chi connectivity index (χ1n) is 3.97. The van der Waals surface area contributed by atoms with Gasteiger partial charge in [0.2, 0.25) is 0 Å². The van der Waals surface area contributed by atoms with Crippen molar-refractivity contribution in [3.05, 3.63) is 15.9 Å². The van der Waals surface area contributed by atoms with Crippen molar-refractivity contribution in [2.45, 2.75) is 18.8 Å². The molecule has 13 heavy (non-hydrogen) atoms. The summed E-state index contributed by atoms with van der Waals surface area (Å²) in [6, 6.07) is 0. The van der Waals surface area contributed by atoms with Gasteiger partial charge in [-0.1, -0.05) is 5.16 Å². The number of esters is 1. The van der Waals surface area contributed by atoms with E-state index in [0.29, 0.717) is 21.8 Å². The van der Waals surface area contributed by atoms with E-state index in [-0.39, 0.29) is 0 Å². The van der Waals surface area contributed by atoms with E-state index in [9.17, 15) is 4.79 Å². The maximum absolute atomic E-state index is 11.3. The van der Waals surface area contributed by atoms with Crippen LogP contribution in [0.2, 0.25) is 0 Å². The van der Waals surface area contributed by atoms with Crippen LogP contribution in [0.5, 0.6) is 0 Å². The lowest BCUT2D eigenvalue weighted by molar-refractivity contribution is 0.0597. The minimum Gasteiger partial charge on any atom is -0.465 e. The van der Waals surface area contributed by atoms with E-state index in [4.69, 9.17) is 4.52 Å². The molecule has 1 aromatic rings. The van der Waals surface area contributed by atoms with Gasteiger partial charge in [0.1, 0.15) is 5.56 Å². The molecule has 1 aromatic heterocycles. The molecule has 0 spiro atoms. The Labute approximate surface area is 83.4 Å². The lowest BCUT2D eigenvalue weighted by Crippen LogP contribution is -2.03. The van der Waals surface area contributed by atoms with Gasteiger partial charge in [-0.15, -0.1) is 0 Å². The number of methoxy groups -OCH3 is 1. The van der Waals surface area contributed by atoms with Gasteiger partial charge in [0.05, 0.1) is 7.11 Å². The highest BCUT2D eigenvalue weighted by Crippen LogP contribution is 2.43. The first-order valence-corrected chi connectivity index (χ1v) is 4.76. The summed E-state index contributed by atoms with van der Waals surface area (Å²) in [5.74, 6) is 0.613. The third-order valence-electron chi connectivity index (χ3n) is 2.01. The summed E-state index contributed by atoms with van der Waals surface area (Å²) in [5.41, 5.74) is 0.435. The van der Waals surface area contributed by atoms with Crippen molar-refractivity contribution < 1.29 is 14.1 Å². The van der Waals surface area contributed by atoms with Gasteiger partial charge in [0, 0.05) is 5.92 Å². The predicted octanol–water partition coefficient (Wildman–Crippen LogP) is 2.10. The SMILES string of the molecule is COC(=O)c1c(Br)noc1C1CC1. The van der Waals surface area contributed by atoms with Gasteiger partial charge in [-0.05, 0) is 28.8 Å². The second-order valence-corrected chi connectivity index (χ2v) is 3.73. The van der Waals surface area contributed by atoms with Crippen LogP contribution in [0, 0.1) is 0 Å². The third kappa shape index (κ3) is 1.48. The largest absolute Gasteiger partial charge is 0.465 e. The molecule has 70 valence electrons. The van der Waals surface area contributed by atoms with Crippen LogP contribution in [-0.2, 0) is 4.74 Å². The quantitative estimate of drug-likeness (QED) is 0.750. The predicted molar refractivity (Wildman–Crippen MR) is 47.5 cm³/mol. The van der Waals surface area contributed by atoms with Crippen LogP contribution >= 0.6 is 15.9 Å². The average molecular weight is 246 g/mol. The normalized spacial score (nSPS) is 15.8. The highest BCUT2D eigenvalue weighted by molar-refractivity contribution is 9.10. The van der Waals surface area contributed by atoms with E-state index >= 15 is 0 Å². The number of aromatic nitrogens is 1. The van der Waals surface area contributed by atoms with Gasteiger partial charge in [-0.25, -0.2) is 4.79 Å². The number of hydrogen-bond donors (Lipinski definition) is 0. The first-order chi connectivity index (χ1) is 6.24. The van der Waals surface area contributed by atoms with Crippen molar-refractivity contribution >= 4 is 21.9 Å². The number of nitrogens with zero attached hydrogens (tertiary/aromatic N) is 1. The lowest BCUT2D eigenvalue weighted by Gasteiger charge is -1.96. The Hall–Kier alpha value is -0.840. The van der Waals surface area contributed by atoms with Crippen LogP contribution in [0.15, 0.2) is 9.13 Å². The third-order valence-corrected chi connectivity index (χ3v) is 2.56. The lowest BCUT2D eigenvalue weighted by atomic mass is 10.2. The Morgan fingerprint density at radius 1 is 1.69 bits per heavy atom. The summed E-state index contributed by atoms with van der Waals surface area (Å²) >= 11 is 3.15. The molecular formula is C8H8BrNO3. The molecule has 1 aliphatic rings. The molecule has 1 aliphatic carbocycles. The first kappa shape index (κ1) is 8.74. The van der Waals surface area contributed by atoms with Crippen molar-refractivity contribution in [1.29, 1.82) is 0 Å². The van der Waals surface area contributed by atoms with Crippen LogP contribution in [-0.4, -0.2) is 18.2 Å². The van der Waals surface area contributed by atoms with Gasteiger partial charge in [-0.2, -0.15) is 0 Å². The van der Waals surface area contributed by atoms with Crippen LogP contribution in [0.1, 0.15) is 34.9 Å². The standard InChI is InChI=1S/C8H8BrNO3/c1-12-8(11)5-6(4-2-3-4)13-10-7(5)9/h4H,2-3H2,1H3. The maximum atomic E-state index is 11.3. The van der Waals surface area contributed by atoms with E-state index in [2.05, 4.69) is 25.8 Å². The van der Waals surface area contributed by atoms with Crippen molar-refractivity contribution in [2.75, 3.05) is 7.11 Å². The van der Waals surface area contributed by atoms with E-state index in [1.54, 1.807) is 0 Å². The molecule has 0 atom stereocenters. The van der Waals surface area contributed by atoms with Crippen LogP contribution in [0.25, 0.3) is 0 Å². The molecule has 0 unspecified atom stereocenters. The van der Waals surface area contributed by atoms with Gasteiger partial charge in [0.25, 0.3) is 0 Å². The molecule has 4 nitrogen and oxygen atoms in total. The van der Waals surface area contributed by atoms with Crippen LogP contribution in [0.3, 0.4) is 0 Å². The van der Waals surface area contributed by atoms with Gasteiger partial charge < -0.3 is 9.26 Å². The summed E-state index contributed by atoms with van der Waals surface area (Å²) < 4.78 is 10.1. The highest BCUT2D eigenvalue weighted by atomic mass is 79.9. The number of carbonyl (C=O) groups is 1. The zero-order valence-electron chi connectivity index (χ0n) is 7.04. The molecule has 1 heterocycles. The van der Waals surface area contributed by atoms with Crippen LogP contribution in [0.4, 0.5) is 0 Å². The molecule has 0 N–H and O–H groups in total. The Morgan fingerprint density at radius 3 is 2.92 bits per heavy atom. The number of ether oxygens (including phenoxy) is 1. The van der Waals surface area contributed by atoms with Crippen molar-refractivity contribution in [2.24, 2.45) is 0 Å². The smallest absolute Gasteiger partial charge is 0.344 e. The maximum Gasteiger partial charge on any atom is 0.344 e. The van der Waals surface area contributed by atoms with Crippen molar-refractivity contribution in [3.8, 4) is 0 Å². The van der Waals surface area contributed by atoms with Crippen LogP contribution < -0.4 is 0 Å². The van der Waals surface area contributed by atoms with E-state index < -0.39 is 5.97 Å². The average Bonchev–Trinajstić information content (AvgIpc) is 2.89. The number of carbonyl (C=O) groups excluding carboxylic acids is 1. The molecule has 1 saturated carbocycles. The van der Waals surface area contributed by atoms with Crippen molar-refractivity contribution in [1.82, 2.24) is 5.16 Å². The zero-order valence-corrected chi connectivity index (χ0v) is 8.63. The molecular weight excluding hydrogens is 238 g/mol. The van der Waals surface area contributed by atoms with Gasteiger partial charge in [-0.3, -0.25) is 0 Å². The molecule has 2 rings (SSSR count). The molecule has 0 aromatic carbocycles. The Balaban J connectivity index is 2.39. The summed E-state index contributed by atoms with van der Waals surface area (Å²) in [7, 11) is 1.35. The zero-order chi connectivity index (χ0) is 9.42. The molecule has 0 bridgehead atoms. The molecule has 1 fully saturated rings. The summed E-state index contributed by atoms with van der Waals surface area (Å²) in [4.78, 5) is 11.3. The molecule has 0 amide bonds. The second-order valence-electron chi connectivity index (χ2n) is 2.98. The fourth-order valence-corrected chi connectivity index (χ4v) is 1.62. The summed E-state index contributed by atoms with van der Waals surface area (Å²) in [6.45, 7) is 0. The summed E-state index contributed by atoms with van der Waals surface area (Å²) in [6.07, 6.45) is 2.12. The van der Waals surface area contributed by atoms with E-state index in [0.717, 1.165) is 12.8 Å². The number of halogens is 1. The Bertz CT molecular complexity index is 343. The van der Waals surface area contributed by atoms with Gasteiger partial charge in [0.15, 0.2) is 10.4 Å². The molecule has 0 aliphatic heterocycles. The Morgan fingerprint density at radius 2 is 2.38 bits per heavy atom. The summed E-state index contributed by atoms with van der Waals surface area (Å²) in [5, 5.41) is 3.69. The van der Waals surface area contributed by atoms with E-state index in [1.807, 2.05) is 0 Å². The number of hydrogen-bond acceptors (Lipinski definition) is 4. The monoisotopic (exact) mass is 245 g/mol. The molecule has 0 saturated heterocycles. The second kappa shape index (κ2) is 3.14. The fourth-order valence-electron chi connectivity index (χ4n) is 1.19. The minimum absolute atomic E-state index is 0.355. The highest BCUT2D eigenvalue weighted by Gasteiger charge is 2.34. The molecule has 5 heteroatoms. The minimum atomic E-state index is -0.393. The van der Waals surface area contributed by atoms with Crippen molar-refractivity contribution in [3.63, 3.8) is 0 Å². The van der Waals surface area contributed by atoms with E-state index in [1.165, 1.54) is 7.11 Å². The van der Waals surface area contributed by atoms with Gasteiger partial charge >= 0.3 is 5.97 Å². The number of rotatable bonds is 2. The molecule has 0 radical (unpaired) electrons. The fraction of sp³-hybridized carbons (Fsp3) is 0.500.